The predicted molar refractivity (Wildman–Crippen MR) is 68.2 cm³/mol. The first kappa shape index (κ1) is 10.9. The highest BCUT2D eigenvalue weighted by molar-refractivity contribution is 7.99. The maximum absolute atomic E-state index is 9.19. The van der Waals surface area contributed by atoms with E-state index in [1.54, 1.807) is 0 Å². The quantitative estimate of drug-likeness (QED) is 0.869. The highest BCUT2D eigenvalue weighted by Gasteiger charge is 2.39. The molecule has 2 aliphatic heterocycles. The SMILES string of the molecule is N#CC1(Cc2ccc3c(c2)SCCN3)COC1. The van der Waals surface area contributed by atoms with Gasteiger partial charge < -0.3 is 10.1 Å². The molecule has 0 aromatic heterocycles. The number of thioether (sulfide) groups is 1. The van der Waals surface area contributed by atoms with E-state index in [4.69, 9.17) is 4.74 Å². The maximum atomic E-state index is 9.19. The molecule has 88 valence electrons. The smallest absolute Gasteiger partial charge is 0.108 e. The van der Waals surface area contributed by atoms with Crippen LogP contribution in [0, 0.1) is 16.7 Å². The van der Waals surface area contributed by atoms with Gasteiger partial charge in [-0.05, 0) is 24.1 Å². The summed E-state index contributed by atoms with van der Waals surface area (Å²) in [5, 5.41) is 12.6. The molecule has 1 aromatic rings. The monoisotopic (exact) mass is 246 g/mol. The number of nitrogens with one attached hydrogen (secondary N) is 1. The minimum Gasteiger partial charge on any atom is -0.383 e. The fraction of sp³-hybridized carbons (Fsp3) is 0.462. The largest absolute Gasteiger partial charge is 0.383 e. The molecule has 1 N–H and O–H groups in total. The van der Waals surface area contributed by atoms with Crippen molar-refractivity contribution in [3.8, 4) is 6.07 Å². The van der Waals surface area contributed by atoms with Crippen LogP contribution >= 0.6 is 11.8 Å². The Balaban J connectivity index is 1.82. The fourth-order valence-electron chi connectivity index (χ4n) is 2.23. The number of hydrogen-bond acceptors (Lipinski definition) is 4. The highest BCUT2D eigenvalue weighted by Crippen LogP contribution is 2.35. The molecule has 1 saturated heterocycles. The van der Waals surface area contributed by atoms with Crippen molar-refractivity contribution in [2.75, 3.05) is 30.8 Å². The summed E-state index contributed by atoms with van der Waals surface area (Å²) >= 11 is 1.89. The molecule has 0 bridgehead atoms. The molecule has 3 rings (SSSR count). The molecule has 2 aliphatic rings. The number of ether oxygens (including phenoxy) is 1. The summed E-state index contributed by atoms with van der Waals surface area (Å²) in [6.07, 6.45) is 0.803. The Bertz CT molecular complexity index is 477. The molecule has 4 heteroatoms. The van der Waals surface area contributed by atoms with Gasteiger partial charge in [0.05, 0.1) is 19.3 Å². The molecule has 3 nitrogen and oxygen atoms in total. The van der Waals surface area contributed by atoms with Crippen molar-refractivity contribution in [3.05, 3.63) is 23.8 Å². The standard InChI is InChI=1S/C13H14N2OS/c14-7-13(8-16-9-13)6-10-1-2-11-12(5-10)17-4-3-15-11/h1-2,5,15H,3-4,6,8-9H2. The Morgan fingerprint density at radius 2 is 2.35 bits per heavy atom. The summed E-state index contributed by atoms with van der Waals surface area (Å²) in [5.74, 6) is 1.11. The molecular formula is C13H14N2OS. The fourth-order valence-corrected chi connectivity index (χ4v) is 3.19. The van der Waals surface area contributed by atoms with Crippen LogP contribution in [0.3, 0.4) is 0 Å². The van der Waals surface area contributed by atoms with Gasteiger partial charge in [-0.2, -0.15) is 5.26 Å². The normalized spacial score (nSPS) is 20.6. The second-order valence-electron chi connectivity index (χ2n) is 4.67. The van der Waals surface area contributed by atoms with Crippen LogP contribution in [0.25, 0.3) is 0 Å². The maximum Gasteiger partial charge on any atom is 0.108 e. The summed E-state index contributed by atoms with van der Waals surface area (Å²) in [6.45, 7) is 2.19. The van der Waals surface area contributed by atoms with Crippen molar-refractivity contribution in [1.29, 1.82) is 5.26 Å². The van der Waals surface area contributed by atoms with Gasteiger partial charge in [-0.3, -0.25) is 0 Å². The number of benzene rings is 1. The highest BCUT2D eigenvalue weighted by atomic mass is 32.2. The second kappa shape index (κ2) is 4.25. The summed E-state index contributed by atoms with van der Waals surface area (Å²) in [4.78, 5) is 1.31. The van der Waals surface area contributed by atoms with Crippen molar-refractivity contribution < 1.29 is 4.74 Å². The third-order valence-corrected chi connectivity index (χ3v) is 4.31. The van der Waals surface area contributed by atoms with Crippen LogP contribution in [0.15, 0.2) is 23.1 Å². The van der Waals surface area contributed by atoms with Gasteiger partial charge in [-0.15, -0.1) is 11.8 Å². The average molecular weight is 246 g/mol. The summed E-state index contributed by atoms with van der Waals surface area (Å²) in [7, 11) is 0. The van der Waals surface area contributed by atoms with Crippen molar-refractivity contribution in [2.45, 2.75) is 11.3 Å². The van der Waals surface area contributed by atoms with E-state index >= 15 is 0 Å². The molecule has 17 heavy (non-hydrogen) atoms. The van der Waals surface area contributed by atoms with Gasteiger partial charge >= 0.3 is 0 Å². The zero-order valence-corrected chi connectivity index (χ0v) is 10.3. The van der Waals surface area contributed by atoms with Gasteiger partial charge in [0.1, 0.15) is 5.41 Å². The third kappa shape index (κ3) is 2.01. The molecule has 0 aliphatic carbocycles. The lowest BCUT2D eigenvalue weighted by molar-refractivity contribution is -0.0765. The number of nitrogens with zero attached hydrogens (tertiary/aromatic N) is 1. The van der Waals surface area contributed by atoms with Crippen molar-refractivity contribution in [1.82, 2.24) is 0 Å². The Kier molecular flexibility index (Phi) is 2.73. The Morgan fingerprint density at radius 3 is 3.06 bits per heavy atom. The van der Waals surface area contributed by atoms with E-state index in [1.807, 2.05) is 11.8 Å². The van der Waals surface area contributed by atoms with Crippen LogP contribution < -0.4 is 5.32 Å². The number of fused-ring (bicyclic) bond motifs is 1. The number of anilines is 1. The predicted octanol–water partition coefficient (Wildman–Crippen LogP) is 2.29. The third-order valence-electron chi connectivity index (χ3n) is 3.26. The Hall–Kier alpha value is -1.18. The lowest BCUT2D eigenvalue weighted by Gasteiger charge is -2.35. The molecule has 0 amide bonds. The van der Waals surface area contributed by atoms with Gasteiger partial charge in [0.15, 0.2) is 0 Å². The van der Waals surface area contributed by atoms with E-state index < -0.39 is 0 Å². The van der Waals surface area contributed by atoms with E-state index in [0.29, 0.717) is 13.2 Å². The molecule has 2 heterocycles. The van der Waals surface area contributed by atoms with Crippen LogP contribution in [0.2, 0.25) is 0 Å². The number of nitriles is 1. The van der Waals surface area contributed by atoms with E-state index in [2.05, 4.69) is 29.6 Å². The van der Waals surface area contributed by atoms with E-state index in [-0.39, 0.29) is 5.41 Å². The van der Waals surface area contributed by atoms with Crippen molar-refractivity contribution in [2.24, 2.45) is 5.41 Å². The van der Waals surface area contributed by atoms with E-state index in [1.165, 1.54) is 16.1 Å². The van der Waals surface area contributed by atoms with Crippen molar-refractivity contribution in [3.63, 3.8) is 0 Å². The molecule has 0 spiro atoms. The van der Waals surface area contributed by atoms with Gasteiger partial charge in [0.2, 0.25) is 0 Å². The molecule has 1 aromatic carbocycles. The zero-order chi connectivity index (χ0) is 11.7. The molecule has 0 radical (unpaired) electrons. The molecule has 0 unspecified atom stereocenters. The first-order valence-corrected chi connectivity index (χ1v) is 6.79. The van der Waals surface area contributed by atoms with E-state index in [9.17, 15) is 5.26 Å². The van der Waals surface area contributed by atoms with Crippen LogP contribution in [0.4, 0.5) is 5.69 Å². The summed E-state index contributed by atoms with van der Waals surface area (Å²) in [5.41, 5.74) is 2.19. The van der Waals surface area contributed by atoms with Crippen LogP contribution in [-0.4, -0.2) is 25.5 Å². The number of rotatable bonds is 2. The second-order valence-corrected chi connectivity index (χ2v) is 5.80. The van der Waals surface area contributed by atoms with Gasteiger partial charge in [-0.25, -0.2) is 0 Å². The lowest BCUT2D eigenvalue weighted by Crippen LogP contribution is -2.43. The van der Waals surface area contributed by atoms with Crippen LogP contribution in [0.5, 0.6) is 0 Å². The molecule has 0 atom stereocenters. The molecule has 0 saturated carbocycles. The van der Waals surface area contributed by atoms with Gasteiger partial charge in [0.25, 0.3) is 0 Å². The Morgan fingerprint density at radius 1 is 1.47 bits per heavy atom. The van der Waals surface area contributed by atoms with E-state index in [0.717, 1.165) is 18.7 Å². The van der Waals surface area contributed by atoms with Gasteiger partial charge in [-0.1, -0.05) is 6.07 Å². The Labute approximate surface area is 105 Å². The minimum atomic E-state index is -0.277. The first-order chi connectivity index (χ1) is 8.31. The molecule has 1 fully saturated rings. The first-order valence-electron chi connectivity index (χ1n) is 5.80. The number of hydrogen-bond donors (Lipinski definition) is 1. The molecular weight excluding hydrogens is 232 g/mol. The minimum absolute atomic E-state index is 0.277. The van der Waals surface area contributed by atoms with Crippen molar-refractivity contribution >= 4 is 17.4 Å². The topological polar surface area (TPSA) is 45.0 Å². The summed E-state index contributed by atoms with van der Waals surface area (Å²) in [6, 6.07) is 8.85. The van der Waals surface area contributed by atoms with Gasteiger partial charge in [0, 0.05) is 22.9 Å². The van der Waals surface area contributed by atoms with Crippen LogP contribution in [-0.2, 0) is 11.2 Å². The zero-order valence-electron chi connectivity index (χ0n) is 9.53. The summed E-state index contributed by atoms with van der Waals surface area (Å²) < 4.78 is 5.17. The lowest BCUT2D eigenvalue weighted by atomic mass is 9.81. The average Bonchev–Trinajstić information content (AvgIpc) is 2.34. The van der Waals surface area contributed by atoms with Crippen LogP contribution in [0.1, 0.15) is 5.56 Å².